The second-order valence-electron chi connectivity index (χ2n) is 12.2. The van der Waals surface area contributed by atoms with Crippen molar-refractivity contribution >= 4 is 11.6 Å². The zero-order valence-corrected chi connectivity index (χ0v) is 26.7. The highest BCUT2D eigenvalue weighted by Crippen LogP contribution is 2.36. The minimum atomic E-state index is -0.464. The van der Waals surface area contributed by atoms with E-state index >= 15 is 0 Å². The zero-order valence-electron chi connectivity index (χ0n) is 26.7. The van der Waals surface area contributed by atoms with Gasteiger partial charge in [-0.3, -0.25) is 4.79 Å². The number of anilines is 1. The predicted octanol–water partition coefficient (Wildman–Crippen LogP) is 4.28. The molecule has 0 aliphatic carbocycles. The fraction of sp³-hybridized carbons (Fsp3) is 0.618. The summed E-state index contributed by atoms with van der Waals surface area (Å²) in [6.45, 7) is 10.2. The van der Waals surface area contributed by atoms with Crippen LogP contribution in [0.1, 0.15) is 55.7 Å². The van der Waals surface area contributed by atoms with Crippen LogP contribution in [-0.4, -0.2) is 85.4 Å². The molecule has 9 nitrogen and oxygen atoms in total. The molecule has 0 spiro atoms. The molecule has 1 saturated heterocycles. The first-order valence-corrected chi connectivity index (χ1v) is 15.6. The molecule has 9 heteroatoms. The van der Waals surface area contributed by atoms with Crippen molar-refractivity contribution in [1.29, 1.82) is 0 Å². The molecule has 0 radical (unpaired) electrons. The maximum Gasteiger partial charge on any atom is 0.225 e. The predicted molar refractivity (Wildman–Crippen MR) is 169 cm³/mol. The number of fused-ring (bicyclic) bond motifs is 1. The Balaban J connectivity index is 1.46. The van der Waals surface area contributed by atoms with E-state index in [1.54, 1.807) is 21.3 Å². The van der Waals surface area contributed by atoms with Gasteiger partial charge in [0, 0.05) is 58.3 Å². The molecule has 238 valence electrons. The Labute approximate surface area is 257 Å². The van der Waals surface area contributed by atoms with Gasteiger partial charge in [0.15, 0.2) is 0 Å². The van der Waals surface area contributed by atoms with Crippen LogP contribution in [0.2, 0.25) is 0 Å². The quantitative estimate of drug-likeness (QED) is 0.277. The smallest absolute Gasteiger partial charge is 0.225 e. The third-order valence-electron chi connectivity index (χ3n) is 8.53. The van der Waals surface area contributed by atoms with Gasteiger partial charge in [-0.15, -0.1) is 0 Å². The van der Waals surface area contributed by atoms with Crippen molar-refractivity contribution in [1.82, 2.24) is 10.6 Å². The lowest BCUT2D eigenvalue weighted by Gasteiger charge is -2.40. The summed E-state index contributed by atoms with van der Waals surface area (Å²) in [5.41, 5.74) is 4.18. The zero-order chi connectivity index (χ0) is 30.7. The average Bonchev–Trinajstić information content (AvgIpc) is 3.02. The van der Waals surface area contributed by atoms with Gasteiger partial charge in [0.05, 0.1) is 44.8 Å². The summed E-state index contributed by atoms with van der Waals surface area (Å²) in [5, 5.41) is 6.53. The third-order valence-corrected chi connectivity index (χ3v) is 8.53. The van der Waals surface area contributed by atoms with Crippen molar-refractivity contribution in [2.24, 2.45) is 5.41 Å². The maximum absolute atomic E-state index is 12.5. The summed E-state index contributed by atoms with van der Waals surface area (Å²) >= 11 is 0. The van der Waals surface area contributed by atoms with Gasteiger partial charge in [0.2, 0.25) is 5.91 Å². The summed E-state index contributed by atoms with van der Waals surface area (Å²) in [6, 6.07) is 15.3. The molecule has 0 aromatic heterocycles. The number of benzene rings is 2. The minimum absolute atomic E-state index is 0.00625. The van der Waals surface area contributed by atoms with Gasteiger partial charge in [0.25, 0.3) is 0 Å². The van der Waals surface area contributed by atoms with Crippen molar-refractivity contribution < 1.29 is 28.5 Å². The molecule has 2 heterocycles. The first-order valence-electron chi connectivity index (χ1n) is 15.6. The second kappa shape index (κ2) is 16.4. The summed E-state index contributed by atoms with van der Waals surface area (Å²) < 4.78 is 28.7. The first-order chi connectivity index (χ1) is 20.8. The highest BCUT2D eigenvalue weighted by Gasteiger charge is 2.37. The number of carbonyl (C=O) groups excluding carboxylic acids is 1. The topological polar surface area (TPSA) is 90.5 Å². The Morgan fingerprint density at radius 2 is 1.81 bits per heavy atom. The monoisotopic (exact) mass is 597 g/mol. The number of hydrogen-bond acceptors (Lipinski definition) is 8. The molecule has 43 heavy (non-hydrogen) atoms. The number of amides is 1. The van der Waals surface area contributed by atoms with Gasteiger partial charge in [-0.1, -0.05) is 44.2 Å². The highest BCUT2D eigenvalue weighted by atomic mass is 16.5. The molecule has 1 fully saturated rings. The van der Waals surface area contributed by atoms with Crippen molar-refractivity contribution in [2.75, 3.05) is 72.2 Å². The molecule has 0 bridgehead atoms. The Morgan fingerprint density at radius 1 is 1.05 bits per heavy atom. The van der Waals surface area contributed by atoms with E-state index in [0.29, 0.717) is 33.0 Å². The summed E-state index contributed by atoms with van der Waals surface area (Å²) in [4.78, 5) is 14.9. The molecular formula is C34H51N3O6. The summed E-state index contributed by atoms with van der Waals surface area (Å²) in [7, 11) is 5.13. The number of piperidine rings is 1. The molecule has 2 aromatic carbocycles. The van der Waals surface area contributed by atoms with Crippen LogP contribution >= 0.6 is 0 Å². The number of ether oxygens (including phenoxy) is 5. The third kappa shape index (κ3) is 9.40. The molecule has 1 amide bonds. The number of methoxy groups -OCH3 is 2. The van der Waals surface area contributed by atoms with E-state index in [0.717, 1.165) is 68.1 Å². The largest absolute Gasteiger partial charge is 0.490 e. The molecule has 2 aromatic rings. The normalized spacial score (nSPS) is 20.4. The lowest BCUT2D eigenvalue weighted by atomic mass is 9.77. The Hall–Kier alpha value is -2.69. The van der Waals surface area contributed by atoms with Gasteiger partial charge in [-0.2, -0.15) is 0 Å². The molecule has 2 N–H and O–H groups in total. The van der Waals surface area contributed by atoms with E-state index in [4.69, 9.17) is 23.7 Å². The number of hydrogen-bond donors (Lipinski definition) is 2. The molecule has 4 rings (SSSR count). The van der Waals surface area contributed by atoms with E-state index in [-0.39, 0.29) is 24.0 Å². The fourth-order valence-electron chi connectivity index (χ4n) is 6.13. The van der Waals surface area contributed by atoms with Crippen LogP contribution in [0.3, 0.4) is 0 Å². The van der Waals surface area contributed by atoms with E-state index in [9.17, 15) is 4.79 Å². The van der Waals surface area contributed by atoms with Crippen LogP contribution in [0, 0.1) is 5.41 Å². The summed E-state index contributed by atoms with van der Waals surface area (Å²) in [6.07, 6.45) is 2.61. The van der Waals surface area contributed by atoms with E-state index in [1.807, 2.05) is 13.8 Å². The second-order valence-corrected chi connectivity index (χ2v) is 12.2. The minimum Gasteiger partial charge on any atom is -0.490 e. The standard InChI is InChI=1S/C34H51N3O6/c1-34(2,33(38)35-3)21-28-20-29(27-10-7-25(8-11-27)23-41-18-17-40-5)32(22-36-28)43-24-26-9-12-31-30(19-26)37(14-16-42-31)13-6-15-39-4/h7-12,19,28-29,32,36H,6,13-18,20-24H2,1-5H3,(H,35,38)/t28-,29-,32+/m1/s1. The Morgan fingerprint density at radius 3 is 2.56 bits per heavy atom. The van der Waals surface area contributed by atoms with Crippen molar-refractivity contribution in [3.05, 3.63) is 59.2 Å². The van der Waals surface area contributed by atoms with Gasteiger partial charge in [-0.25, -0.2) is 0 Å². The van der Waals surface area contributed by atoms with Crippen LogP contribution in [0.15, 0.2) is 42.5 Å². The van der Waals surface area contributed by atoms with Gasteiger partial charge in [0.1, 0.15) is 12.4 Å². The Bertz CT molecular complexity index is 1140. The number of nitrogens with zero attached hydrogens (tertiary/aromatic N) is 1. The fourth-order valence-corrected chi connectivity index (χ4v) is 6.13. The van der Waals surface area contributed by atoms with E-state index in [2.05, 4.69) is 58.0 Å². The first kappa shape index (κ1) is 33.2. The molecule has 3 atom stereocenters. The lowest BCUT2D eigenvalue weighted by Crippen LogP contribution is -2.50. The number of nitrogens with one attached hydrogen (secondary N) is 2. The van der Waals surface area contributed by atoms with Crippen molar-refractivity contribution in [2.45, 2.75) is 64.4 Å². The lowest BCUT2D eigenvalue weighted by molar-refractivity contribution is -0.129. The summed E-state index contributed by atoms with van der Waals surface area (Å²) in [5.74, 6) is 1.19. The molecule has 0 unspecified atom stereocenters. The Kier molecular flexibility index (Phi) is 12.7. The molecule has 2 aliphatic rings. The van der Waals surface area contributed by atoms with Gasteiger partial charge < -0.3 is 39.2 Å². The number of rotatable bonds is 16. The number of carbonyl (C=O) groups is 1. The van der Waals surface area contributed by atoms with Crippen molar-refractivity contribution in [3.8, 4) is 5.75 Å². The molecule has 2 aliphatic heterocycles. The average molecular weight is 598 g/mol. The molecular weight excluding hydrogens is 546 g/mol. The van der Waals surface area contributed by atoms with E-state index in [1.165, 1.54) is 5.56 Å². The van der Waals surface area contributed by atoms with Crippen LogP contribution in [0.25, 0.3) is 0 Å². The SMILES string of the molecule is CNC(=O)C(C)(C)C[C@H]1C[C@H](c2ccc(COCCOC)cc2)[C@@H](OCc2ccc3c(c2)N(CCCOC)CCO3)CN1. The van der Waals surface area contributed by atoms with Crippen LogP contribution in [0.4, 0.5) is 5.69 Å². The highest BCUT2D eigenvalue weighted by molar-refractivity contribution is 5.81. The van der Waals surface area contributed by atoms with Crippen LogP contribution in [0.5, 0.6) is 5.75 Å². The van der Waals surface area contributed by atoms with Crippen LogP contribution < -0.4 is 20.3 Å². The van der Waals surface area contributed by atoms with Crippen molar-refractivity contribution in [3.63, 3.8) is 0 Å². The van der Waals surface area contributed by atoms with Crippen LogP contribution in [-0.2, 0) is 37.0 Å². The van der Waals surface area contributed by atoms with Gasteiger partial charge >= 0.3 is 0 Å². The molecule has 0 saturated carbocycles. The van der Waals surface area contributed by atoms with Gasteiger partial charge in [-0.05, 0) is 48.1 Å². The maximum atomic E-state index is 12.5. The van der Waals surface area contributed by atoms with E-state index < -0.39 is 5.41 Å².